The van der Waals surface area contributed by atoms with Crippen LogP contribution >= 0.6 is 11.6 Å². The van der Waals surface area contributed by atoms with Crippen molar-refractivity contribution >= 4 is 29.4 Å². The summed E-state index contributed by atoms with van der Waals surface area (Å²) >= 11 is 6.30. The number of benzene rings is 2. The number of anilines is 1. The monoisotopic (exact) mass is 499 g/mol. The van der Waals surface area contributed by atoms with Crippen LogP contribution in [0.15, 0.2) is 77.7 Å². The van der Waals surface area contributed by atoms with Gasteiger partial charge in [0.2, 0.25) is 0 Å². The Bertz CT molecular complexity index is 1240. The number of rotatable bonds is 8. The van der Waals surface area contributed by atoms with E-state index in [4.69, 9.17) is 31.0 Å². The zero-order valence-corrected chi connectivity index (χ0v) is 19.1. The molecule has 3 aromatic rings. The number of aromatic nitrogens is 2. The van der Waals surface area contributed by atoms with Gasteiger partial charge in [-0.25, -0.2) is 14.4 Å². The molecule has 0 radical (unpaired) electrons. The maximum Gasteiger partial charge on any atom is 0.351 e. The molecule has 0 bridgehead atoms. The average molecular weight is 500 g/mol. The molecule has 1 aromatic heterocycles. The average Bonchev–Trinajstić information content (AvgIpc) is 3.26. The van der Waals surface area contributed by atoms with Gasteiger partial charge in [-0.1, -0.05) is 36.4 Å². The number of nitrogens with one attached hydrogen (secondary N) is 1. The minimum absolute atomic E-state index is 0.0433. The van der Waals surface area contributed by atoms with Crippen molar-refractivity contribution in [2.24, 2.45) is 0 Å². The number of ether oxygens (including phenoxy) is 3. The minimum Gasteiger partial charge on any atom is -0.459 e. The summed E-state index contributed by atoms with van der Waals surface area (Å²) in [6.07, 6.45) is -0.467. The van der Waals surface area contributed by atoms with Crippen LogP contribution in [0.3, 0.4) is 0 Å². The second-order valence-corrected chi connectivity index (χ2v) is 8.09. The molecule has 3 atom stereocenters. The molecular weight excluding hydrogens is 478 g/mol. The summed E-state index contributed by atoms with van der Waals surface area (Å²) in [5.74, 6) is -1.46. The Kier molecular flexibility index (Phi) is 7.45. The molecule has 1 aliphatic heterocycles. The molecule has 4 rings (SSSR count). The third-order valence-corrected chi connectivity index (χ3v) is 6.02. The summed E-state index contributed by atoms with van der Waals surface area (Å²) in [4.78, 5) is 41.6. The van der Waals surface area contributed by atoms with E-state index in [0.717, 1.165) is 0 Å². The Hall–Kier alpha value is -3.73. The molecule has 1 aliphatic rings. The first-order chi connectivity index (χ1) is 17.0. The van der Waals surface area contributed by atoms with E-state index < -0.39 is 35.6 Å². The Labute approximate surface area is 205 Å². The van der Waals surface area contributed by atoms with Crippen LogP contribution in [0, 0.1) is 0 Å². The molecule has 1 saturated heterocycles. The molecule has 182 valence electrons. The highest BCUT2D eigenvalue weighted by molar-refractivity contribution is 6.18. The maximum absolute atomic E-state index is 12.8. The minimum atomic E-state index is -1.44. The van der Waals surface area contributed by atoms with E-state index in [1.165, 1.54) is 16.8 Å². The number of halogens is 1. The summed E-state index contributed by atoms with van der Waals surface area (Å²) in [7, 11) is 0. The molecule has 1 fully saturated rings. The predicted octanol–water partition coefficient (Wildman–Crippen LogP) is 3.02. The first-order valence-electron chi connectivity index (χ1n) is 10.7. The van der Waals surface area contributed by atoms with Crippen molar-refractivity contribution in [1.82, 2.24) is 9.55 Å². The van der Waals surface area contributed by atoms with Crippen LogP contribution < -0.4 is 11.2 Å². The number of hydrogen-bond acceptors (Lipinski definition) is 9. The Morgan fingerprint density at radius 1 is 1.09 bits per heavy atom. The second kappa shape index (κ2) is 10.7. The first kappa shape index (κ1) is 24.4. The summed E-state index contributed by atoms with van der Waals surface area (Å²) in [5.41, 5.74) is 0.299. The van der Waals surface area contributed by atoms with Gasteiger partial charge in [0.1, 0.15) is 18.9 Å². The molecule has 2 N–H and O–H groups in total. The number of carbonyl (C=O) groups excluding carboxylic acids is 2. The number of carbonyl (C=O) groups is 2. The highest BCUT2D eigenvalue weighted by Crippen LogP contribution is 2.40. The van der Waals surface area contributed by atoms with E-state index >= 15 is 0 Å². The van der Waals surface area contributed by atoms with Crippen molar-refractivity contribution in [1.29, 1.82) is 0 Å². The van der Waals surface area contributed by atoms with Crippen molar-refractivity contribution in [2.45, 2.75) is 24.4 Å². The number of hydrogen-bond donors (Lipinski definition) is 2. The van der Waals surface area contributed by atoms with Gasteiger partial charge in [-0.3, -0.25) is 15.3 Å². The van der Waals surface area contributed by atoms with Crippen LogP contribution in [0.2, 0.25) is 0 Å². The summed E-state index contributed by atoms with van der Waals surface area (Å²) < 4.78 is 18.5. The van der Waals surface area contributed by atoms with Crippen molar-refractivity contribution < 1.29 is 29.0 Å². The van der Waals surface area contributed by atoms with E-state index in [1.807, 2.05) is 0 Å². The summed E-state index contributed by atoms with van der Waals surface area (Å²) in [6, 6.07) is 18.1. The number of nitrogens with zero attached hydrogens (tertiary/aromatic N) is 2. The van der Waals surface area contributed by atoms with Gasteiger partial charge in [-0.05, 0) is 30.3 Å². The maximum atomic E-state index is 12.8. The Balaban J connectivity index is 1.61. The molecular formula is C24H22ClN3O7. The summed E-state index contributed by atoms with van der Waals surface area (Å²) in [6.45, 7) is -0.327. The van der Waals surface area contributed by atoms with Crippen LogP contribution in [-0.2, 0) is 14.2 Å². The lowest BCUT2D eigenvalue weighted by atomic mass is 9.99. The van der Waals surface area contributed by atoms with Gasteiger partial charge in [0, 0.05) is 12.6 Å². The van der Waals surface area contributed by atoms with E-state index in [-0.39, 0.29) is 24.7 Å². The highest BCUT2D eigenvalue weighted by atomic mass is 35.5. The van der Waals surface area contributed by atoms with Gasteiger partial charge in [0.25, 0.3) is 0 Å². The lowest BCUT2D eigenvalue weighted by Crippen LogP contribution is -2.48. The predicted molar refractivity (Wildman–Crippen MR) is 124 cm³/mol. The molecule has 0 spiro atoms. The van der Waals surface area contributed by atoms with Gasteiger partial charge in [0.15, 0.2) is 11.4 Å². The van der Waals surface area contributed by atoms with E-state index in [2.05, 4.69) is 4.98 Å². The molecule has 35 heavy (non-hydrogen) atoms. The Morgan fingerprint density at radius 2 is 1.71 bits per heavy atom. The SMILES string of the molecule is O=C(OC[C@@]1(CCl)O[C@@H](n2ccc(NO)nc2=O)C[C@@H]1OC(=O)c1ccccc1)c1ccccc1. The Morgan fingerprint density at radius 3 is 2.29 bits per heavy atom. The fourth-order valence-electron chi connectivity index (χ4n) is 3.71. The smallest absolute Gasteiger partial charge is 0.351 e. The molecule has 0 amide bonds. The summed E-state index contributed by atoms with van der Waals surface area (Å²) in [5, 5.41) is 8.99. The molecule has 0 unspecified atom stereocenters. The first-order valence-corrected chi connectivity index (χ1v) is 11.2. The molecule has 0 aliphatic carbocycles. The van der Waals surface area contributed by atoms with Crippen LogP contribution in [0.5, 0.6) is 0 Å². The van der Waals surface area contributed by atoms with Crippen LogP contribution in [0.4, 0.5) is 5.82 Å². The fraction of sp³-hybridized carbons (Fsp3) is 0.250. The molecule has 0 saturated carbocycles. The van der Waals surface area contributed by atoms with Crippen molar-refractivity contribution in [3.63, 3.8) is 0 Å². The standard InChI is InChI=1S/C24H22ClN3O7/c25-14-24(15-33-21(29)16-7-3-1-4-8-16)18(34-22(30)17-9-5-2-6-10-17)13-20(35-24)28-12-11-19(27-32)26-23(28)31/h1-12,18,20,32H,13-15H2,(H,26,27,31)/t18-,20+,24+/m0/s1. The van der Waals surface area contributed by atoms with E-state index in [1.54, 1.807) is 66.1 Å². The third kappa shape index (κ3) is 5.35. The topological polar surface area (TPSA) is 129 Å². The van der Waals surface area contributed by atoms with Crippen molar-refractivity contribution in [2.75, 3.05) is 18.0 Å². The highest BCUT2D eigenvalue weighted by Gasteiger charge is 2.53. The van der Waals surface area contributed by atoms with Gasteiger partial charge in [-0.15, -0.1) is 11.6 Å². The largest absolute Gasteiger partial charge is 0.459 e. The van der Waals surface area contributed by atoms with Crippen molar-refractivity contribution in [3.05, 3.63) is 94.5 Å². The molecule has 11 heteroatoms. The molecule has 2 heterocycles. The molecule has 10 nitrogen and oxygen atoms in total. The number of alkyl halides is 1. The number of esters is 2. The van der Waals surface area contributed by atoms with Crippen LogP contribution in [0.25, 0.3) is 0 Å². The van der Waals surface area contributed by atoms with E-state index in [0.29, 0.717) is 11.1 Å². The zero-order valence-electron chi connectivity index (χ0n) is 18.4. The van der Waals surface area contributed by atoms with E-state index in [9.17, 15) is 14.4 Å². The third-order valence-electron chi connectivity index (χ3n) is 5.57. The van der Waals surface area contributed by atoms with Gasteiger partial charge in [-0.2, -0.15) is 4.98 Å². The van der Waals surface area contributed by atoms with Crippen LogP contribution in [0.1, 0.15) is 33.4 Å². The van der Waals surface area contributed by atoms with Crippen LogP contribution in [-0.4, -0.2) is 50.9 Å². The van der Waals surface area contributed by atoms with Gasteiger partial charge in [0.05, 0.1) is 17.0 Å². The van der Waals surface area contributed by atoms with Crippen molar-refractivity contribution in [3.8, 4) is 0 Å². The van der Waals surface area contributed by atoms with Gasteiger partial charge < -0.3 is 14.2 Å². The molecule has 2 aromatic carbocycles. The normalized spacial score (nSPS) is 21.3. The second-order valence-electron chi connectivity index (χ2n) is 7.82. The van der Waals surface area contributed by atoms with Gasteiger partial charge >= 0.3 is 17.6 Å². The quantitative estimate of drug-likeness (QED) is 0.273. The lowest BCUT2D eigenvalue weighted by Gasteiger charge is -2.31. The zero-order chi connectivity index (χ0) is 24.8. The fourth-order valence-corrected chi connectivity index (χ4v) is 4.02. The lowest BCUT2D eigenvalue weighted by molar-refractivity contribution is -0.119.